The van der Waals surface area contributed by atoms with Crippen molar-refractivity contribution in [3.8, 4) is 0 Å². The Balaban J connectivity index is 2.17. The number of carbonyl (C=O) groups is 1. The summed E-state index contributed by atoms with van der Waals surface area (Å²) in [6, 6.07) is 0. The van der Waals surface area contributed by atoms with Crippen molar-refractivity contribution >= 4 is 22.4 Å². The van der Waals surface area contributed by atoms with Crippen LogP contribution in [0.4, 0.5) is 5.13 Å². The standard InChI is InChI=1S/C10H14N2O2S/c1-6-7(2)15-9(11-6)12-10(8(13)14)4-3-5-10/h3-5H2,1-2H3,(H,11,12)(H,13,14). The molecule has 15 heavy (non-hydrogen) atoms. The first-order valence-electron chi connectivity index (χ1n) is 4.99. The van der Waals surface area contributed by atoms with Gasteiger partial charge in [0, 0.05) is 4.88 Å². The van der Waals surface area contributed by atoms with E-state index >= 15 is 0 Å². The fourth-order valence-electron chi connectivity index (χ4n) is 1.65. The van der Waals surface area contributed by atoms with Gasteiger partial charge in [-0.1, -0.05) is 0 Å². The Morgan fingerprint density at radius 1 is 1.53 bits per heavy atom. The summed E-state index contributed by atoms with van der Waals surface area (Å²) in [6.45, 7) is 3.93. The van der Waals surface area contributed by atoms with E-state index in [-0.39, 0.29) is 0 Å². The molecule has 1 fully saturated rings. The minimum absolute atomic E-state index is 0.694. The molecule has 5 heteroatoms. The predicted molar refractivity (Wildman–Crippen MR) is 59.4 cm³/mol. The number of anilines is 1. The van der Waals surface area contributed by atoms with E-state index in [0.717, 1.165) is 22.1 Å². The topological polar surface area (TPSA) is 62.2 Å². The Morgan fingerprint density at radius 3 is 2.53 bits per heavy atom. The monoisotopic (exact) mass is 226 g/mol. The number of carboxylic acids is 1. The van der Waals surface area contributed by atoms with Crippen molar-refractivity contribution in [3.05, 3.63) is 10.6 Å². The first kappa shape index (κ1) is 10.4. The van der Waals surface area contributed by atoms with Crippen LogP contribution in [0, 0.1) is 13.8 Å². The van der Waals surface area contributed by atoms with Crippen LogP contribution in [0.15, 0.2) is 0 Å². The van der Waals surface area contributed by atoms with Crippen LogP contribution in [0.5, 0.6) is 0 Å². The van der Waals surface area contributed by atoms with Gasteiger partial charge >= 0.3 is 5.97 Å². The fourth-order valence-corrected chi connectivity index (χ4v) is 2.57. The van der Waals surface area contributed by atoms with E-state index in [1.54, 1.807) is 0 Å². The van der Waals surface area contributed by atoms with Gasteiger partial charge in [0.15, 0.2) is 5.13 Å². The summed E-state index contributed by atoms with van der Waals surface area (Å²) in [5, 5.41) is 12.9. The maximum absolute atomic E-state index is 11.1. The van der Waals surface area contributed by atoms with Gasteiger partial charge in [0.25, 0.3) is 0 Å². The van der Waals surface area contributed by atoms with Gasteiger partial charge in [-0.25, -0.2) is 9.78 Å². The van der Waals surface area contributed by atoms with Gasteiger partial charge in [-0.2, -0.15) is 0 Å². The molecule has 0 unspecified atom stereocenters. The molecule has 0 aromatic carbocycles. The highest BCUT2D eigenvalue weighted by atomic mass is 32.1. The van der Waals surface area contributed by atoms with E-state index in [0.29, 0.717) is 12.8 Å². The average Bonchev–Trinajstić information content (AvgIpc) is 2.38. The largest absolute Gasteiger partial charge is 0.480 e. The van der Waals surface area contributed by atoms with Crippen LogP contribution in [0.3, 0.4) is 0 Å². The molecule has 1 heterocycles. The molecule has 0 saturated heterocycles. The summed E-state index contributed by atoms with van der Waals surface area (Å²) in [6.07, 6.45) is 2.36. The quantitative estimate of drug-likeness (QED) is 0.829. The third kappa shape index (κ3) is 1.71. The maximum atomic E-state index is 11.1. The van der Waals surface area contributed by atoms with Crippen molar-refractivity contribution in [1.82, 2.24) is 4.98 Å². The number of carboxylic acid groups (broad SMARTS) is 1. The second-order valence-electron chi connectivity index (χ2n) is 4.03. The molecule has 2 rings (SSSR count). The van der Waals surface area contributed by atoms with Gasteiger partial charge in [0.1, 0.15) is 5.54 Å². The van der Waals surface area contributed by atoms with Crippen LogP contribution in [0.1, 0.15) is 29.8 Å². The molecule has 0 amide bonds. The van der Waals surface area contributed by atoms with E-state index < -0.39 is 11.5 Å². The van der Waals surface area contributed by atoms with E-state index in [1.165, 1.54) is 11.3 Å². The molecule has 1 aliphatic rings. The molecule has 4 nitrogen and oxygen atoms in total. The van der Waals surface area contributed by atoms with Gasteiger partial charge in [0.2, 0.25) is 0 Å². The predicted octanol–water partition coefficient (Wildman–Crippen LogP) is 2.18. The summed E-state index contributed by atoms with van der Waals surface area (Å²) in [5.74, 6) is -0.765. The summed E-state index contributed by atoms with van der Waals surface area (Å²) in [5.41, 5.74) is 0.221. The van der Waals surface area contributed by atoms with Gasteiger partial charge < -0.3 is 10.4 Å². The van der Waals surface area contributed by atoms with Crippen molar-refractivity contribution in [3.63, 3.8) is 0 Å². The first-order valence-corrected chi connectivity index (χ1v) is 5.81. The van der Waals surface area contributed by atoms with E-state index in [2.05, 4.69) is 10.3 Å². The lowest BCUT2D eigenvalue weighted by atomic mass is 9.77. The zero-order valence-electron chi connectivity index (χ0n) is 8.83. The molecule has 1 saturated carbocycles. The van der Waals surface area contributed by atoms with Gasteiger partial charge in [-0.15, -0.1) is 11.3 Å². The number of aryl methyl sites for hydroxylation is 2. The molecule has 1 aliphatic carbocycles. The second kappa shape index (κ2) is 3.48. The lowest BCUT2D eigenvalue weighted by Crippen LogP contribution is -2.52. The smallest absolute Gasteiger partial charge is 0.329 e. The molecular weight excluding hydrogens is 212 g/mol. The zero-order chi connectivity index (χ0) is 11.1. The van der Waals surface area contributed by atoms with Gasteiger partial charge in [-0.05, 0) is 33.1 Å². The molecule has 1 aromatic rings. The molecular formula is C10H14N2O2S. The highest BCUT2D eigenvalue weighted by Gasteiger charge is 2.45. The Bertz CT molecular complexity index is 377. The zero-order valence-corrected chi connectivity index (χ0v) is 9.65. The van der Waals surface area contributed by atoms with Crippen LogP contribution < -0.4 is 5.32 Å². The normalized spacial score (nSPS) is 18.3. The van der Waals surface area contributed by atoms with Crippen LogP contribution in [0.2, 0.25) is 0 Å². The minimum Gasteiger partial charge on any atom is -0.480 e. The Kier molecular flexibility index (Phi) is 2.42. The Morgan fingerprint density at radius 2 is 2.20 bits per heavy atom. The van der Waals surface area contributed by atoms with Crippen molar-refractivity contribution < 1.29 is 9.90 Å². The average molecular weight is 226 g/mol. The van der Waals surface area contributed by atoms with Crippen molar-refractivity contribution in [2.75, 3.05) is 5.32 Å². The number of nitrogens with one attached hydrogen (secondary N) is 1. The first-order chi connectivity index (χ1) is 7.03. The van der Waals surface area contributed by atoms with Crippen LogP contribution >= 0.6 is 11.3 Å². The van der Waals surface area contributed by atoms with Crippen molar-refractivity contribution in [2.45, 2.75) is 38.6 Å². The molecule has 0 radical (unpaired) electrons. The molecule has 82 valence electrons. The highest BCUT2D eigenvalue weighted by Crippen LogP contribution is 2.37. The SMILES string of the molecule is Cc1nc(NC2(C(=O)O)CCC2)sc1C. The van der Waals surface area contributed by atoms with E-state index in [4.69, 9.17) is 5.11 Å². The van der Waals surface area contributed by atoms with Crippen LogP contribution in [-0.2, 0) is 4.79 Å². The van der Waals surface area contributed by atoms with E-state index in [1.807, 2.05) is 13.8 Å². The Labute approximate surface area is 92.3 Å². The summed E-state index contributed by atoms with van der Waals surface area (Å²) in [4.78, 5) is 16.6. The summed E-state index contributed by atoms with van der Waals surface area (Å²) < 4.78 is 0. The number of hydrogen-bond acceptors (Lipinski definition) is 4. The van der Waals surface area contributed by atoms with Gasteiger partial charge in [0.05, 0.1) is 5.69 Å². The Hall–Kier alpha value is -1.10. The van der Waals surface area contributed by atoms with Crippen LogP contribution in [0.25, 0.3) is 0 Å². The maximum Gasteiger partial charge on any atom is 0.329 e. The number of hydrogen-bond donors (Lipinski definition) is 2. The molecule has 0 spiro atoms. The molecule has 0 bridgehead atoms. The number of rotatable bonds is 3. The molecule has 0 atom stereocenters. The molecule has 2 N–H and O–H groups in total. The van der Waals surface area contributed by atoms with Crippen molar-refractivity contribution in [2.24, 2.45) is 0 Å². The summed E-state index contributed by atoms with van der Waals surface area (Å²) >= 11 is 1.52. The molecule has 1 aromatic heterocycles. The van der Waals surface area contributed by atoms with E-state index in [9.17, 15) is 4.79 Å². The minimum atomic E-state index is -0.765. The lowest BCUT2D eigenvalue weighted by Gasteiger charge is -2.38. The third-order valence-corrected chi connectivity index (χ3v) is 3.98. The lowest BCUT2D eigenvalue weighted by molar-refractivity contribution is -0.145. The number of nitrogens with zero attached hydrogens (tertiary/aromatic N) is 1. The third-order valence-electron chi connectivity index (χ3n) is 2.99. The highest BCUT2D eigenvalue weighted by molar-refractivity contribution is 7.15. The molecule has 0 aliphatic heterocycles. The number of aliphatic carboxylic acids is 1. The fraction of sp³-hybridized carbons (Fsp3) is 0.600. The second-order valence-corrected chi connectivity index (χ2v) is 5.23. The number of aromatic nitrogens is 1. The number of thiazole rings is 1. The van der Waals surface area contributed by atoms with Crippen LogP contribution in [-0.4, -0.2) is 21.6 Å². The van der Waals surface area contributed by atoms with Crippen molar-refractivity contribution in [1.29, 1.82) is 0 Å². The van der Waals surface area contributed by atoms with Gasteiger partial charge in [-0.3, -0.25) is 0 Å². The summed E-state index contributed by atoms with van der Waals surface area (Å²) in [7, 11) is 0.